The summed E-state index contributed by atoms with van der Waals surface area (Å²) in [7, 11) is 0. The molecule has 4 rings (SSSR count). The Morgan fingerprint density at radius 1 is 1.06 bits per heavy atom. The zero-order valence-corrected chi connectivity index (χ0v) is 20.1. The van der Waals surface area contributed by atoms with Crippen molar-refractivity contribution in [2.75, 3.05) is 53.7 Å². The average molecular weight is 482 g/mol. The minimum absolute atomic E-state index is 0.124. The number of carbonyl (C=O) groups is 1. The van der Waals surface area contributed by atoms with E-state index in [0.29, 0.717) is 11.6 Å². The second-order valence-corrected chi connectivity index (χ2v) is 8.92. The molecule has 1 aliphatic heterocycles. The molecule has 2 heterocycles. The molecule has 0 spiro atoms. The highest BCUT2D eigenvalue weighted by Gasteiger charge is 2.21. The van der Waals surface area contributed by atoms with Crippen molar-refractivity contribution in [1.82, 2.24) is 10.2 Å². The number of ether oxygens (including phenoxy) is 1. The highest BCUT2D eigenvalue weighted by Crippen LogP contribution is 2.29. The summed E-state index contributed by atoms with van der Waals surface area (Å²) < 4.78 is 19.7. The predicted octanol–water partition coefficient (Wildman–Crippen LogP) is 4.38. The summed E-state index contributed by atoms with van der Waals surface area (Å²) in [6.07, 6.45) is 0. The molecule has 0 unspecified atom stereocenters. The summed E-state index contributed by atoms with van der Waals surface area (Å²) >= 11 is 1.27. The fourth-order valence-electron chi connectivity index (χ4n) is 3.78. The number of benzene rings is 2. The van der Waals surface area contributed by atoms with Crippen molar-refractivity contribution in [3.8, 4) is 5.75 Å². The van der Waals surface area contributed by atoms with Gasteiger partial charge >= 0.3 is 0 Å². The molecular weight excluding hydrogens is 453 g/mol. The quantitative estimate of drug-likeness (QED) is 0.479. The minimum atomic E-state index is -0.441. The van der Waals surface area contributed by atoms with E-state index >= 15 is 0 Å². The highest BCUT2D eigenvalue weighted by atomic mass is 32.2. The Labute approximate surface area is 203 Å². The molecular formula is C25H28FN5O2S. The molecule has 34 heavy (non-hydrogen) atoms. The molecule has 1 aromatic heterocycles. The fourth-order valence-corrected chi connectivity index (χ4v) is 4.39. The van der Waals surface area contributed by atoms with Crippen molar-refractivity contribution in [2.24, 2.45) is 0 Å². The largest absolute Gasteiger partial charge is 0.492 e. The van der Waals surface area contributed by atoms with Crippen LogP contribution in [0.5, 0.6) is 5.75 Å². The van der Waals surface area contributed by atoms with Crippen LogP contribution in [0.1, 0.15) is 12.5 Å². The number of aryl methyl sites for hydroxylation is 1. The zero-order valence-electron chi connectivity index (χ0n) is 19.3. The molecule has 0 aliphatic carbocycles. The van der Waals surface area contributed by atoms with Gasteiger partial charge in [0.2, 0.25) is 5.91 Å². The molecule has 1 amide bonds. The lowest BCUT2D eigenvalue weighted by atomic mass is 10.2. The number of nitrogens with one attached hydrogen (secondary N) is 1. The number of carbonyl (C=O) groups excluding carboxylic acids is 1. The third-order valence-electron chi connectivity index (χ3n) is 5.49. The van der Waals surface area contributed by atoms with Gasteiger partial charge in [-0.15, -0.1) is 10.2 Å². The first-order chi connectivity index (χ1) is 16.5. The second-order valence-electron chi connectivity index (χ2n) is 7.92. The van der Waals surface area contributed by atoms with E-state index in [0.717, 1.165) is 49.0 Å². The first-order valence-electron chi connectivity index (χ1n) is 11.3. The first-order valence-corrected chi connectivity index (χ1v) is 12.3. The van der Waals surface area contributed by atoms with Crippen LogP contribution in [0.4, 0.5) is 21.6 Å². The summed E-state index contributed by atoms with van der Waals surface area (Å²) in [6, 6.07) is 16.6. The lowest BCUT2D eigenvalue weighted by molar-refractivity contribution is -0.113. The number of amides is 1. The maximum absolute atomic E-state index is 13.9. The maximum Gasteiger partial charge on any atom is 0.234 e. The standard InChI is InChI=1S/C25H28FN5O2S/c1-3-33-22-7-5-4-6-21(22)30-12-14-31(15-13-30)23-10-11-25(29-28-23)34-17-24(32)27-20-9-8-18(2)16-19(20)26/h4-11,16H,3,12-15,17H2,1-2H3,(H,27,32). The Morgan fingerprint density at radius 3 is 2.53 bits per heavy atom. The highest BCUT2D eigenvalue weighted by molar-refractivity contribution is 7.99. The van der Waals surface area contributed by atoms with Gasteiger partial charge < -0.3 is 19.9 Å². The third-order valence-corrected chi connectivity index (χ3v) is 6.41. The van der Waals surface area contributed by atoms with E-state index in [1.54, 1.807) is 19.1 Å². The molecule has 0 atom stereocenters. The van der Waals surface area contributed by atoms with Gasteiger partial charge in [-0.3, -0.25) is 4.79 Å². The van der Waals surface area contributed by atoms with E-state index in [2.05, 4.69) is 31.4 Å². The van der Waals surface area contributed by atoms with Crippen LogP contribution in [0.25, 0.3) is 0 Å². The van der Waals surface area contributed by atoms with Gasteiger partial charge in [0.1, 0.15) is 16.6 Å². The van der Waals surface area contributed by atoms with Crippen molar-refractivity contribution < 1.29 is 13.9 Å². The second kappa shape index (κ2) is 11.2. The monoisotopic (exact) mass is 481 g/mol. The molecule has 1 N–H and O–H groups in total. The summed E-state index contributed by atoms with van der Waals surface area (Å²) in [5.74, 6) is 1.12. The van der Waals surface area contributed by atoms with Crippen LogP contribution in [-0.2, 0) is 4.79 Å². The van der Waals surface area contributed by atoms with E-state index in [9.17, 15) is 9.18 Å². The van der Waals surface area contributed by atoms with Crippen LogP contribution in [0.3, 0.4) is 0 Å². The smallest absolute Gasteiger partial charge is 0.234 e. The molecule has 0 saturated carbocycles. The van der Waals surface area contributed by atoms with Crippen LogP contribution >= 0.6 is 11.8 Å². The topological polar surface area (TPSA) is 70.6 Å². The number of hydrogen-bond acceptors (Lipinski definition) is 7. The molecule has 9 heteroatoms. The summed E-state index contributed by atoms with van der Waals surface area (Å²) in [5.41, 5.74) is 2.10. The molecule has 7 nitrogen and oxygen atoms in total. The molecule has 0 bridgehead atoms. The number of thioether (sulfide) groups is 1. The van der Waals surface area contributed by atoms with Crippen molar-refractivity contribution in [1.29, 1.82) is 0 Å². The lowest BCUT2D eigenvalue weighted by Crippen LogP contribution is -2.47. The molecule has 1 fully saturated rings. The molecule has 178 valence electrons. The van der Waals surface area contributed by atoms with Crippen LogP contribution in [-0.4, -0.2) is 54.6 Å². The molecule has 1 aliphatic rings. The minimum Gasteiger partial charge on any atom is -0.492 e. The van der Waals surface area contributed by atoms with Gasteiger partial charge in [0.15, 0.2) is 5.82 Å². The van der Waals surface area contributed by atoms with E-state index in [-0.39, 0.29) is 17.3 Å². The number of hydrogen-bond donors (Lipinski definition) is 1. The van der Waals surface area contributed by atoms with Gasteiger partial charge in [0.25, 0.3) is 0 Å². The first kappa shape index (κ1) is 23.8. The number of piperazine rings is 1. The van der Waals surface area contributed by atoms with Crippen LogP contribution in [0.2, 0.25) is 0 Å². The van der Waals surface area contributed by atoms with E-state index < -0.39 is 5.82 Å². The van der Waals surface area contributed by atoms with Gasteiger partial charge in [-0.05, 0) is 55.8 Å². The van der Waals surface area contributed by atoms with Crippen molar-refractivity contribution >= 4 is 34.9 Å². The normalized spacial score (nSPS) is 13.6. The Hall–Kier alpha value is -3.33. The lowest BCUT2D eigenvalue weighted by Gasteiger charge is -2.37. The summed E-state index contributed by atoms with van der Waals surface area (Å²) in [5, 5.41) is 11.9. The molecule has 1 saturated heterocycles. The average Bonchev–Trinajstić information content (AvgIpc) is 2.86. The Morgan fingerprint density at radius 2 is 1.82 bits per heavy atom. The zero-order chi connectivity index (χ0) is 23.9. The van der Waals surface area contributed by atoms with E-state index in [1.807, 2.05) is 37.3 Å². The SMILES string of the molecule is CCOc1ccccc1N1CCN(c2ccc(SCC(=O)Nc3ccc(C)cc3F)nn2)CC1. The summed E-state index contributed by atoms with van der Waals surface area (Å²) in [4.78, 5) is 16.7. The van der Waals surface area contributed by atoms with Gasteiger partial charge in [0.05, 0.1) is 23.7 Å². The number of rotatable bonds is 8. The Bertz CT molecular complexity index is 1120. The predicted molar refractivity (Wildman–Crippen MR) is 135 cm³/mol. The van der Waals surface area contributed by atoms with Gasteiger partial charge in [-0.1, -0.05) is 30.0 Å². The van der Waals surface area contributed by atoms with Gasteiger partial charge in [-0.25, -0.2) is 4.39 Å². The summed E-state index contributed by atoms with van der Waals surface area (Å²) in [6.45, 7) is 7.80. The Kier molecular flexibility index (Phi) is 7.84. The molecule has 3 aromatic rings. The number of halogens is 1. The number of nitrogens with zero attached hydrogens (tertiary/aromatic N) is 4. The molecule has 2 aromatic carbocycles. The van der Waals surface area contributed by atoms with Crippen molar-refractivity contribution in [3.05, 3.63) is 66.0 Å². The van der Waals surface area contributed by atoms with Gasteiger partial charge in [-0.2, -0.15) is 0 Å². The van der Waals surface area contributed by atoms with Crippen molar-refractivity contribution in [2.45, 2.75) is 18.9 Å². The van der Waals surface area contributed by atoms with Crippen LogP contribution < -0.4 is 19.9 Å². The number of aromatic nitrogens is 2. The fraction of sp³-hybridized carbons (Fsp3) is 0.320. The number of anilines is 3. The van der Waals surface area contributed by atoms with E-state index in [4.69, 9.17) is 4.74 Å². The van der Waals surface area contributed by atoms with Crippen LogP contribution in [0.15, 0.2) is 59.6 Å². The van der Waals surface area contributed by atoms with Crippen LogP contribution in [0, 0.1) is 12.7 Å². The molecule has 0 radical (unpaired) electrons. The maximum atomic E-state index is 13.9. The Balaban J connectivity index is 1.27. The van der Waals surface area contributed by atoms with Gasteiger partial charge in [0, 0.05) is 26.2 Å². The van der Waals surface area contributed by atoms with E-state index in [1.165, 1.54) is 17.8 Å². The third kappa shape index (κ3) is 5.96. The number of para-hydroxylation sites is 2. The van der Waals surface area contributed by atoms with Crippen molar-refractivity contribution in [3.63, 3.8) is 0 Å².